The van der Waals surface area contributed by atoms with Crippen LogP contribution in [0.25, 0.3) is 0 Å². The lowest BCUT2D eigenvalue weighted by atomic mass is 9.93. The average molecular weight is 283 g/mol. The smallest absolute Gasteiger partial charge is 0.338 e. The van der Waals surface area contributed by atoms with Gasteiger partial charge in [-0.25, -0.2) is 9.59 Å². The number of carboxylic acids is 1. The van der Waals surface area contributed by atoms with Crippen molar-refractivity contribution < 1.29 is 19.4 Å². The molecule has 0 aromatic carbocycles. The number of rotatable bonds is 6. The predicted octanol–water partition coefficient (Wildman–Crippen LogP) is 0.661. The fourth-order valence-electron chi connectivity index (χ4n) is 1.21. The maximum absolute atomic E-state index is 11.8. The molecular weight excluding hydrogens is 260 g/mol. The SMILES string of the molecule is CC(C)(C)OC(=O)C(N)(CCCCN)C(=O)O.Cl. The van der Waals surface area contributed by atoms with Gasteiger partial charge in [0.25, 0.3) is 0 Å². The van der Waals surface area contributed by atoms with Gasteiger partial charge in [0.1, 0.15) is 5.60 Å². The number of carbonyl (C=O) groups excluding carboxylic acids is 1. The highest BCUT2D eigenvalue weighted by Crippen LogP contribution is 2.18. The zero-order valence-corrected chi connectivity index (χ0v) is 11.9. The normalized spacial score (nSPS) is 14.3. The second-order valence-corrected chi connectivity index (χ2v) is 5.02. The molecule has 1 atom stereocenters. The van der Waals surface area contributed by atoms with Crippen LogP contribution in [0.2, 0.25) is 0 Å². The minimum Gasteiger partial charge on any atom is -0.479 e. The first kappa shape index (κ1) is 19.5. The van der Waals surface area contributed by atoms with E-state index in [2.05, 4.69) is 0 Å². The molecule has 0 aliphatic rings. The Balaban J connectivity index is 0. The van der Waals surface area contributed by atoms with Gasteiger partial charge in [-0.1, -0.05) is 0 Å². The molecule has 0 aliphatic carbocycles. The number of halogens is 1. The number of ether oxygens (including phenoxy) is 1. The lowest BCUT2D eigenvalue weighted by Gasteiger charge is -2.28. The summed E-state index contributed by atoms with van der Waals surface area (Å²) in [6.07, 6.45) is 1.11. The third-order valence-electron chi connectivity index (χ3n) is 2.17. The molecule has 0 aromatic rings. The molecule has 0 amide bonds. The summed E-state index contributed by atoms with van der Waals surface area (Å²) in [5.74, 6) is -2.28. The van der Waals surface area contributed by atoms with Gasteiger partial charge in [0.2, 0.25) is 5.54 Å². The van der Waals surface area contributed by atoms with Crippen LogP contribution in [0.3, 0.4) is 0 Å². The number of hydrogen-bond acceptors (Lipinski definition) is 5. The van der Waals surface area contributed by atoms with Crippen LogP contribution in [0.1, 0.15) is 40.0 Å². The van der Waals surface area contributed by atoms with Crippen molar-refractivity contribution >= 4 is 24.3 Å². The van der Waals surface area contributed by atoms with Gasteiger partial charge >= 0.3 is 11.9 Å². The fraction of sp³-hybridized carbons (Fsp3) is 0.818. The van der Waals surface area contributed by atoms with Crippen LogP contribution in [-0.4, -0.2) is 34.7 Å². The van der Waals surface area contributed by atoms with E-state index in [1.807, 2.05) is 0 Å². The highest BCUT2D eigenvalue weighted by atomic mass is 35.5. The monoisotopic (exact) mass is 282 g/mol. The average Bonchev–Trinajstić information content (AvgIpc) is 2.14. The van der Waals surface area contributed by atoms with Gasteiger partial charge in [-0.2, -0.15) is 0 Å². The van der Waals surface area contributed by atoms with Crippen molar-refractivity contribution in [3.8, 4) is 0 Å². The van der Waals surface area contributed by atoms with E-state index in [-0.39, 0.29) is 18.8 Å². The molecule has 18 heavy (non-hydrogen) atoms. The largest absolute Gasteiger partial charge is 0.479 e. The summed E-state index contributed by atoms with van der Waals surface area (Å²) < 4.78 is 5.02. The Kier molecular flexibility index (Phi) is 8.18. The molecule has 0 radical (unpaired) electrons. The third kappa shape index (κ3) is 6.18. The van der Waals surface area contributed by atoms with Crippen molar-refractivity contribution in [1.82, 2.24) is 0 Å². The number of carboxylic acid groups (broad SMARTS) is 1. The summed E-state index contributed by atoms with van der Waals surface area (Å²) in [5, 5.41) is 9.04. The number of aliphatic carboxylic acids is 1. The van der Waals surface area contributed by atoms with Crippen LogP contribution in [0.5, 0.6) is 0 Å². The molecule has 0 spiro atoms. The highest BCUT2D eigenvalue weighted by molar-refractivity contribution is 6.03. The Bertz CT molecular complexity index is 291. The molecule has 5 N–H and O–H groups in total. The number of hydrogen-bond donors (Lipinski definition) is 3. The number of carbonyl (C=O) groups is 2. The first-order chi connectivity index (χ1) is 7.63. The molecule has 0 aliphatic heterocycles. The minimum absolute atomic E-state index is 0. The van der Waals surface area contributed by atoms with Gasteiger partial charge in [0.05, 0.1) is 0 Å². The van der Waals surface area contributed by atoms with Gasteiger partial charge < -0.3 is 21.3 Å². The summed E-state index contributed by atoms with van der Waals surface area (Å²) in [6, 6.07) is 0. The quantitative estimate of drug-likeness (QED) is 0.374. The molecule has 1 unspecified atom stereocenters. The molecule has 0 aromatic heterocycles. The van der Waals surface area contributed by atoms with E-state index in [9.17, 15) is 9.59 Å². The van der Waals surface area contributed by atoms with Crippen molar-refractivity contribution in [3.05, 3.63) is 0 Å². The van der Waals surface area contributed by atoms with E-state index in [0.29, 0.717) is 19.4 Å². The van der Waals surface area contributed by atoms with Crippen molar-refractivity contribution in [2.45, 2.75) is 51.2 Å². The standard InChI is InChI=1S/C11H22N2O4.ClH/c1-10(2,3)17-9(16)11(13,8(14)15)6-4-5-7-12;/h4-7,12-13H2,1-3H3,(H,14,15);1H. The minimum atomic E-state index is -1.98. The van der Waals surface area contributed by atoms with E-state index in [1.54, 1.807) is 20.8 Å². The maximum Gasteiger partial charge on any atom is 0.338 e. The molecule has 108 valence electrons. The van der Waals surface area contributed by atoms with Crippen molar-refractivity contribution in [3.63, 3.8) is 0 Å². The second kappa shape index (κ2) is 7.56. The lowest BCUT2D eigenvalue weighted by Crippen LogP contribution is -2.57. The van der Waals surface area contributed by atoms with Gasteiger partial charge in [-0.3, -0.25) is 0 Å². The zero-order chi connectivity index (χ0) is 13.7. The number of nitrogens with two attached hydrogens (primary N) is 2. The molecular formula is C11H23ClN2O4. The van der Waals surface area contributed by atoms with Gasteiger partial charge in [-0.15, -0.1) is 12.4 Å². The highest BCUT2D eigenvalue weighted by Gasteiger charge is 2.44. The van der Waals surface area contributed by atoms with Gasteiger partial charge in [0, 0.05) is 0 Å². The second-order valence-electron chi connectivity index (χ2n) is 5.02. The van der Waals surface area contributed by atoms with Crippen molar-refractivity contribution in [1.29, 1.82) is 0 Å². The van der Waals surface area contributed by atoms with Crippen LogP contribution in [0.4, 0.5) is 0 Å². The van der Waals surface area contributed by atoms with Crippen molar-refractivity contribution in [2.75, 3.05) is 6.54 Å². The van der Waals surface area contributed by atoms with Crippen LogP contribution in [0, 0.1) is 0 Å². The van der Waals surface area contributed by atoms with Gasteiger partial charge in [-0.05, 0) is 46.6 Å². The number of unbranched alkanes of at least 4 members (excludes halogenated alkanes) is 1. The van der Waals surface area contributed by atoms with E-state index in [0.717, 1.165) is 0 Å². The fourth-order valence-corrected chi connectivity index (χ4v) is 1.21. The summed E-state index contributed by atoms with van der Waals surface area (Å²) in [7, 11) is 0. The van der Waals surface area contributed by atoms with E-state index >= 15 is 0 Å². The molecule has 6 nitrogen and oxygen atoms in total. The summed E-state index contributed by atoms with van der Waals surface area (Å²) in [4.78, 5) is 22.8. The molecule has 0 bridgehead atoms. The van der Waals surface area contributed by atoms with Crippen LogP contribution in [0.15, 0.2) is 0 Å². The summed E-state index contributed by atoms with van der Waals surface area (Å²) in [5.41, 5.74) is 8.18. The number of esters is 1. The van der Waals surface area contributed by atoms with E-state index < -0.39 is 23.1 Å². The summed E-state index contributed by atoms with van der Waals surface area (Å²) in [6.45, 7) is 5.41. The Morgan fingerprint density at radius 3 is 2.06 bits per heavy atom. The Labute approximate surface area is 113 Å². The Morgan fingerprint density at radius 2 is 1.72 bits per heavy atom. The summed E-state index contributed by atoms with van der Waals surface area (Å²) >= 11 is 0. The zero-order valence-electron chi connectivity index (χ0n) is 11.1. The molecule has 0 saturated carbocycles. The Hall–Kier alpha value is -0.850. The van der Waals surface area contributed by atoms with E-state index in [4.69, 9.17) is 21.3 Å². The third-order valence-corrected chi connectivity index (χ3v) is 2.17. The van der Waals surface area contributed by atoms with E-state index in [1.165, 1.54) is 0 Å². The van der Waals surface area contributed by atoms with Crippen LogP contribution >= 0.6 is 12.4 Å². The van der Waals surface area contributed by atoms with Crippen molar-refractivity contribution in [2.24, 2.45) is 11.5 Å². The Morgan fingerprint density at radius 1 is 1.22 bits per heavy atom. The first-order valence-corrected chi connectivity index (χ1v) is 5.59. The van der Waals surface area contributed by atoms with Crippen LogP contribution < -0.4 is 11.5 Å². The topological polar surface area (TPSA) is 116 Å². The maximum atomic E-state index is 11.8. The molecule has 7 heteroatoms. The molecule has 0 heterocycles. The molecule has 0 rings (SSSR count). The predicted molar refractivity (Wildman–Crippen MR) is 70.6 cm³/mol. The lowest BCUT2D eigenvalue weighted by molar-refractivity contribution is -0.169. The van der Waals surface area contributed by atoms with Crippen LogP contribution in [-0.2, 0) is 14.3 Å². The molecule has 0 saturated heterocycles. The first-order valence-electron chi connectivity index (χ1n) is 5.59. The molecule has 0 fully saturated rings. The van der Waals surface area contributed by atoms with Gasteiger partial charge in [0.15, 0.2) is 0 Å².